The molecule has 1 saturated heterocycles. The Morgan fingerprint density at radius 1 is 1.26 bits per heavy atom. The first-order valence-electron chi connectivity index (χ1n) is 6.69. The number of benzene rings is 1. The summed E-state index contributed by atoms with van der Waals surface area (Å²) in [6.07, 6.45) is 4.88. The van der Waals surface area contributed by atoms with Gasteiger partial charge in [0.2, 0.25) is 0 Å². The van der Waals surface area contributed by atoms with Crippen molar-refractivity contribution in [2.45, 2.75) is 24.2 Å². The minimum atomic E-state index is -3.13. The van der Waals surface area contributed by atoms with E-state index in [9.17, 15) is 8.42 Å². The second-order valence-corrected chi connectivity index (χ2v) is 7.14. The zero-order valence-electron chi connectivity index (χ0n) is 11.3. The molecular weight excluding hydrogens is 262 g/mol. The summed E-state index contributed by atoms with van der Waals surface area (Å²) in [5, 5.41) is 3.40. The highest BCUT2D eigenvalue weighted by Crippen LogP contribution is 2.18. The molecule has 1 atom stereocenters. The average molecular weight is 283 g/mol. The fraction of sp³-hybridized carbons (Fsp3) is 0.571. The van der Waals surface area contributed by atoms with Crippen LogP contribution in [0.2, 0.25) is 0 Å². The molecule has 0 amide bonds. The fourth-order valence-electron chi connectivity index (χ4n) is 2.23. The zero-order valence-corrected chi connectivity index (χ0v) is 12.1. The molecule has 4 nitrogen and oxygen atoms in total. The predicted octanol–water partition coefficient (Wildman–Crippen LogP) is 1.86. The predicted molar refractivity (Wildman–Crippen MR) is 75.3 cm³/mol. The number of hydrogen-bond donors (Lipinski definition) is 1. The topological polar surface area (TPSA) is 55.4 Å². The number of rotatable bonds is 4. The van der Waals surface area contributed by atoms with Crippen molar-refractivity contribution in [3.05, 3.63) is 24.3 Å². The molecular formula is C14H21NO3S. The molecule has 0 bridgehead atoms. The van der Waals surface area contributed by atoms with Gasteiger partial charge in [0.05, 0.1) is 11.5 Å². The van der Waals surface area contributed by atoms with Gasteiger partial charge < -0.3 is 10.1 Å². The summed E-state index contributed by atoms with van der Waals surface area (Å²) >= 11 is 0. The maximum Gasteiger partial charge on any atom is 0.175 e. The standard InChI is InChI=1S/C14H21NO3S/c1-19(16,17)14-7-5-13(6-8-14)18-11-12-4-2-3-9-15-10-12/h5-8,12,15H,2-4,9-11H2,1H3. The lowest BCUT2D eigenvalue weighted by Crippen LogP contribution is -2.24. The van der Waals surface area contributed by atoms with Crippen LogP contribution >= 0.6 is 0 Å². The van der Waals surface area contributed by atoms with Crippen molar-refractivity contribution in [2.75, 3.05) is 26.0 Å². The Morgan fingerprint density at radius 3 is 2.68 bits per heavy atom. The van der Waals surface area contributed by atoms with Crippen LogP contribution in [0.3, 0.4) is 0 Å². The molecule has 106 valence electrons. The van der Waals surface area contributed by atoms with Crippen molar-refractivity contribution in [1.82, 2.24) is 5.32 Å². The molecule has 0 spiro atoms. The third-order valence-electron chi connectivity index (χ3n) is 3.39. The molecule has 0 radical (unpaired) electrons. The van der Waals surface area contributed by atoms with Crippen molar-refractivity contribution >= 4 is 9.84 Å². The molecule has 1 aliphatic rings. The summed E-state index contributed by atoms with van der Waals surface area (Å²) in [5.41, 5.74) is 0. The average Bonchev–Trinajstić information content (AvgIpc) is 2.64. The van der Waals surface area contributed by atoms with Crippen molar-refractivity contribution in [2.24, 2.45) is 5.92 Å². The van der Waals surface area contributed by atoms with Crippen LogP contribution in [0, 0.1) is 5.92 Å². The maximum atomic E-state index is 11.3. The van der Waals surface area contributed by atoms with Crippen LogP contribution in [0.5, 0.6) is 5.75 Å². The molecule has 1 aromatic carbocycles. The van der Waals surface area contributed by atoms with Crippen molar-refractivity contribution in [3.8, 4) is 5.75 Å². The van der Waals surface area contributed by atoms with E-state index in [2.05, 4.69) is 5.32 Å². The smallest absolute Gasteiger partial charge is 0.175 e. The molecule has 1 fully saturated rings. The highest BCUT2D eigenvalue weighted by Gasteiger charge is 2.13. The zero-order chi connectivity index (χ0) is 13.7. The number of sulfone groups is 1. The van der Waals surface area contributed by atoms with Gasteiger partial charge in [-0.3, -0.25) is 0 Å². The molecule has 1 N–H and O–H groups in total. The summed E-state index contributed by atoms with van der Waals surface area (Å²) in [4.78, 5) is 0.330. The molecule has 0 saturated carbocycles. The summed E-state index contributed by atoms with van der Waals surface area (Å²) in [7, 11) is -3.13. The SMILES string of the molecule is CS(=O)(=O)c1ccc(OCC2CCCCNC2)cc1. The molecule has 5 heteroatoms. The van der Waals surface area contributed by atoms with Crippen LogP contribution < -0.4 is 10.1 Å². The lowest BCUT2D eigenvalue weighted by atomic mass is 10.1. The Labute approximate surface area is 115 Å². The van der Waals surface area contributed by atoms with E-state index in [-0.39, 0.29) is 0 Å². The highest BCUT2D eigenvalue weighted by atomic mass is 32.2. The highest BCUT2D eigenvalue weighted by molar-refractivity contribution is 7.90. The van der Waals surface area contributed by atoms with Gasteiger partial charge >= 0.3 is 0 Å². The summed E-state index contributed by atoms with van der Waals surface area (Å²) in [6, 6.07) is 6.63. The van der Waals surface area contributed by atoms with Gasteiger partial charge in [-0.05, 0) is 43.7 Å². The minimum absolute atomic E-state index is 0.330. The molecule has 19 heavy (non-hydrogen) atoms. The second kappa shape index (κ2) is 6.39. The number of nitrogens with one attached hydrogen (secondary N) is 1. The molecule has 0 aliphatic carbocycles. The Bertz CT molecular complexity index is 488. The van der Waals surface area contributed by atoms with Crippen molar-refractivity contribution in [3.63, 3.8) is 0 Å². The van der Waals surface area contributed by atoms with E-state index in [4.69, 9.17) is 4.74 Å². The summed E-state index contributed by atoms with van der Waals surface area (Å²) in [6.45, 7) is 2.78. The van der Waals surface area contributed by atoms with Crippen LogP contribution in [0.15, 0.2) is 29.2 Å². The third-order valence-corrected chi connectivity index (χ3v) is 4.51. The van der Waals surface area contributed by atoms with E-state index in [0.717, 1.165) is 18.8 Å². The largest absolute Gasteiger partial charge is 0.493 e. The van der Waals surface area contributed by atoms with Crippen LogP contribution in [-0.2, 0) is 9.84 Å². The molecule has 1 unspecified atom stereocenters. The summed E-state index contributed by atoms with van der Waals surface area (Å²) < 4.78 is 28.4. The van der Waals surface area contributed by atoms with E-state index < -0.39 is 9.84 Å². The molecule has 2 rings (SSSR count). The van der Waals surface area contributed by atoms with Gasteiger partial charge in [0, 0.05) is 18.7 Å². The van der Waals surface area contributed by atoms with Crippen molar-refractivity contribution in [1.29, 1.82) is 0 Å². The van der Waals surface area contributed by atoms with Gasteiger partial charge in [-0.2, -0.15) is 0 Å². The maximum absolute atomic E-state index is 11.3. The lowest BCUT2D eigenvalue weighted by Gasteiger charge is -2.15. The van der Waals surface area contributed by atoms with Gasteiger partial charge in [0.15, 0.2) is 9.84 Å². The Morgan fingerprint density at radius 2 is 2.00 bits per heavy atom. The summed E-state index contributed by atoms with van der Waals surface area (Å²) in [5.74, 6) is 1.27. The second-order valence-electron chi connectivity index (χ2n) is 5.12. The van der Waals surface area contributed by atoms with E-state index in [1.165, 1.54) is 25.5 Å². The van der Waals surface area contributed by atoms with Gasteiger partial charge in [-0.25, -0.2) is 8.42 Å². The first-order valence-corrected chi connectivity index (χ1v) is 8.58. The normalized spacial score (nSPS) is 20.8. The van der Waals surface area contributed by atoms with E-state index in [1.54, 1.807) is 24.3 Å². The fourth-order valence-corrected chi connectivity index (χ4v) is 2.86. The lowest BCUT2D eigenvalue weighted by molar-refractivity contribution is 0.241. The Hall–Kier alpha value is -1.07. The van der Waals surface area contributed by atoms with Crippen LogP contribution in [0.1, 0.15) is 19.3 Å². The Balaban J connectivity index is 1.89. The number of hydrogen-bond acceptors (Lipinski definition) is 4. The number of ether oxygens (including phenoxy) is 1. The first-order chi connectivity index (χ1) is 9.05. The van der Waals surface area contributed by atoms with E-state index in [1.807, 2.05) is 0 Å². The van der Waals surface area contributed by atoms with E-state index in [0.29, 0.717) is 17.4 Å². The molecule has 1 aliphatic heterocycles. The molecule has 1 heterocycles. The van der Waals surface area contributed by atoms with Crippen molar-refractivity contribution < 1.29 is 13.2 Å². The van der Waals surface area contributed by atoms with Gasteiger partial charge in [-0.1, -0.05) is 6.42 Å². The third kappa shape index (κ3) is 4.51. The Kier molecular flexibility index (Phi) is 4.82. The van der Waals surface area contributed by atoms with Crippen LogP contribution in [0.25, 0.3) is 0 Å². The van der Waals surface area contributed by atoms with Gasteiger partial charge in [-0.15, -0.1) is 0 Å². The van der Waals surface area contributed by atoms with E-state index >= 15 is 0 Å². The monoisotopic (exact) mass is 283 g/mol. The minimum Gasteiger partial charge on any atom is -0.493 e. The van der Waals surface area contributed by atoms with Gasteiger partial charge in [0.1, 0.15) is 5.75 Å². The molecule has 1 aromatic rings. The quantitative estimate of drug-likeness (QED) is 0.916. The molecule has 0 aromatic heterocycles. The van der Waals surface area contributed by atoms with Gasteiger partial charge in [0.25, 0.3) is 0 Å². The first kappa shape index (κ1) is 14.3. The van der Waals surface area contributed by atoms with Crippen LogP contribution in [0.4, 0.5) is 0 Å². The van der Waals surface area contributed by atoms with Crippen LogP contribution in [-0.4, -0.2) is 34.4 Å².